The molecule has 1 aromatic carbocycles. The highest BCUT2D eigenvalue weighted by molar-refractivity contribution is 8.01. The fraction of sp³-hybridized carbons (Fsp3) is 0.154. The van der Waals surface area contributed by atoms with E-state index in [1.54, 1.807) is 23.9 Å². The van der Waals surface area contributed by atoms with E-state index in [0.717, 1.165) is 10.1 Å². The third kappa shape index (κ3) is 4.64. The number of hydrogen-bond acceptors (Lipinski definition) is 7. The summed E-state index contributed by atoms with van der Waals surface area (Å²) in [7, 11) is 0. The van der Waals surface area contributed by atoms with Crippen molar-refractivity contribution in [1.29, 1.82) is 0 Å². The summed E-state index contributed by atoms with van der Waals surface area (Å²) in [5, 5.41) is 21.5. The van der Waals surface area contributed by atoms with E-state index >= 15 is 0 Å². The number of thioether (sulfide) groups is 1. The fourth-order valence-electron chi connectivity index (χ4n) is 1.50. The van der Waals surface area contributed by atoms with Crippen LogP contribution in [0.5, 0.6) is 0 Å². The van der Waals surface area contributed by atoms with Gasteiger partial charge in [0.15, 0.2) is 4.34 Å². The number of rotatable bonds is 6. The van der Waals surface area contributed by atoms with Crippen LogP contribution >= 0.6 is 23.1 Å². The second-order valence-corrected chi connectivity index (χ2v) is 6.47. The van der Waals surface area contributed by atoms with Crippen LogP contribution in [0.2, 0.25) is 0 Å². The quantitative estimate of drug-likeness (QED) is 0.286. The van der Waals surface area contributed by atoms with Gasteiger partial charge in [0.2, 0.25) is 11.0 Å². The van der Waals surface area contributed by atoms with E-state index in [9.17, 15) is 14.9 Å². The zero-order chi connectivity index (χ0) is 15.9. The molecule has 0 atom stereocenters. The minimum Gasteiger partial charge on any atom is -0.297 e. The number of nitrogens with one attached hydrogen (secondary N) is 1. The number of amides is 1. The Morgan fingerprint density at radius 1 is 1.50 bits per heavy atom. The second-order valence-electron chi connectivity index (χ2n) is 3.98. The zero-order valence-electron chi connectivity index (χ0n) is 11.6. The van der Waals surface area contributed by atoms with Crippen molar-refractivity contribution in [3.8, 4) is 0 Å². The molecule has 9 heteroatoms. The van der Waals surface area contributed by atoms with Crippen molar-refractivity contribution in [3.05, 3.63) is 46.0 Å². The minimum atomic E-state index is -0.481. The molecule has 1 N–H and O–H groups in total. The van der Waals surface area contributed by atoms with Crippen molar-refractivity contribution in [3.63, 3.8) is 0 Å². The highest BCUT2D eigenvalue weighted by atomic mass is 32.2. The summed E-state index contributed by atoms with van der Waals surface area (Å²) < 4.78 is 0.792. The summed E-state index contributed by atoms with van der Waals surface area (Å²) in [5.41, 5.74) is 0.553. The van der Waals surface area contributed by atoms with Crippen LogP contribution in [0.1, 0.15) is 12.5 Å². The number of carbonyl (C=O) groups excluding carboxylic acids is 1. The van der Waals surface area contributed by atoms with Crippen molar-refractivity contribution in [2.24, 2.45) is 0 Å². The van der Waals surface area contributed by atoms with Crippen LogP contribution < -0.4 is 5.32 Å². The number of non-ortho nitro benzene ring substituents is 1. The highest BCUT2D eigenvalue weighted by Crippen LogP contribution is 2.24. The van der Waals surface area contributed by atoms with Crippen molar-refractivity contribution in [2.45, 2.75) is 11.3 Å². The van der Waals surface area contributed by atoms with Gasteiger partial charge in [-0.1, -0.05) is 42.2 Å². The fourth-order valence-corrected chi connectivity index (χ4v) is 3.15. The number of hydrogen-bond donors (Lipinski definition) is 1. The van der Waals surface area contributed by atoms with Crippen LogP contribution in [0.3, 0.4) is 0 Å². The Kier molecular flexibility index (Phi) is 5.61. The lowest BCUT2D eigenvalue weighted by Gasteiger charge is -1.96. The van der Waals surface area contributed by atoms with Gasteiger partial charge in [-0.2, -0.15) is 0 Å². The summed E-state index contributed by atoms with van der Waals surface area (Å²) in [5.74, 6) is 0.519. The van der Waals surface area contributed by atoms with E-state index in [2.05, 4.69) is 15.5 Å². The third-order valence-corrected chi connectivity index (χ3v) is 4.27. The normalized spacial score (nSPS) is 10.8. The van der Waals surface area contributed by atoms with Gasteiger partial charge >= 0.3 is 0 Å². The molecule has 0 fully saturated rings. The van der Waals surface area contributed by atoms with Gasteiger partial charge in [-0.05, 0) is 17.4 Å². The lowest BCUT2D eigenvalue weighted by atomic mass is 10.2. The van der Waals surface area contributed by atoms with E-state index in [1.165, 1.54) is 35.6 Å². The largest absolute Gasteiger partial charge is 0.297 e. The van der Waals surface area contributed by atoms with Gasteiger partial charge in [-0.15, -0.1) is 10.2 Å². The molecule has 1 aromatic heterocycles. The van der Waals surface area contributed by atoms with E-state index in [4.69, 9.17) is 0 Å². The lowest BCUT2D eigenvalue weighted by Crippen LogP contribution is -2.07. The monoisotopic (exact) mass is 336 g/mol. The number of nitrogens with zero attached hydrogens (tertiary/aromatic N) is 3. The highest BCUT2D eigenvalue weighted by Gasteiger charge is 2.07. The number of nitro groups is 1. The molecular formula is C13H12N4O3S2. The standard InChI is InChI=1S/C13H12N4O3S2/c1-2-21-13-16-15-12(22-13)14-11(18)7-6-9-4-3-5-10(8-9)17(19)20/h3-8H,2H2,1H3,(H,14,15,18). The molecule has 7 nitrogen and oxygen atoms in total. The van der Waals surface area contributed by atoms with Gasteiger partial charge in [0.1, 0.15) is 0 Å². The van der Waals surface area contributed by atoms with Gasteiger partial charge < -0.3 is 0 Å². The third-order valence-electron chi connectivity index (χ3n) is 2.41. The van der Waals surface area contributed by atoms with Gasteiger partial charge in [-0.3, -0.25) is 20.2 Å². The van der Waals surface area contributed by atoms with Crippen LogP contribution in [-0.4, -0.2) is 26.8 Å². The minimum absolute atomic E-state index is 0.0205. The molecule has 114 valence electrons. The summed E-state index contributed by atoms with van der Waals surface area (Å²) in [4.78, 5) is 22.0. The topological polar surface area (TPSA) is 98.0 Å². The Labute approximate surface area is 134 Å². The smallest absolute Gasteiger partial charge is 0.270 e. The Morgan fingerprint density at radius 3 is 3.05 bits per heavy atom. The van der Waals surface area contributed by atoms with Crippen molar-refractivity contribution in [1.82, 2.24) is 10.2 Å². The Balaban J connectivity index is 1.98. The number of anilines is 1. The molecule has 0 aliphatic heterocycles. The van der Waals surface area contributed by atoms with E-state index in [1.807, 2.05) is 6.92 Å². The van der Waals surface area contributed by atoms with E-state index in [0.29, 0.717) is 10.7 Å². The van der Waals surface area contributed by atoms with E-state index < -0.39 is 4.92 Å². The summed E-state index contributed by atoms with van der Waals surface area (Å²) >= 11 is 2.85. The maximum Gasteiger partial charge on any atom is 0.270 e. The molecule has 0 aliphatic carbocycles. The molecule has 1 heterocycles. The molecule has 0 saturated carbocycles. The molecule has 0 saturated heterocycles. The molecule has 0 radical (unpaired) electrons. The second kappa shape index (κ2) is 7.66. The number of aromatic nitrogens is 2. The van der Waals surface area contributed by atoms with Crippen LogP contribution in [0.15, 0.2) is 34.7 Å². The molecule has 0 spiro atoms. The molecule has 2 rings (SSSR count). The van der Waals surface area contributed by atoms with Crippen molar-refractivity contribution in [2.75, 3.05) is 11.1 Å². The van der Waals surface area contributed by atoms with E-state index in [-0.39, 0.29) is 11.6 Å². The van der Waals surface area contributed by atoms with Gasteiger partial charge in [-0.25, -0.2) is 0 Å². The predicted octanol–water partition coefficient (Wildman–Crippen LogP) is 3.21. The van der Waals surface area contributed by atoms with Crippen LogP contribution in [0.25, 0.3) is 6.08 Å². The molecule has 22 heavy (non-hydrogen) atoms. The van der Waals surface area contributed by atoms with Crippen LogP contribution in [0, 0.1) is 10.1 Å². The van der Waals surface area contributed by atoms with Crippen molar-refractivity contribution >= 4 is 45.9 Å². The molecule has 2 aromatic rings. The Morgan fingerprint density at radius 2 is 2.32 bits per heavy atom. The maximum absolute atomic E-state index is 11.8. The maximum atomic E-state index is 11.8. The predicted molar refractivity (Wildman–Crippen MR) is 87.1 cm³/mol. The average molecular weight is 336 g/mol. The first kappa shape index (κ1) is 16.1. The zero-order valence-corrected chi connectivity index (χ0v) is 13.2. The average Bonchev–Trinajstić information content (AvgIpc) is 2.93. The van der Waals surface area contributed by atoms with Gasteiger partial charge in [0, 0.05) is 18.2 Å². The Bertz CT molecular complexity index is 715. The number of carbonyl (C=O) groups is 1. The number of benzene rings is 1. The number of nitro benzene ring substituents is 1. The summed E-state index contributed by atoms with van der Waals surface area (Å²) in [6.07, 6.45) is 2.80. The lowest BCUT2D eigenvalue weighted by molar-refractivity contribution is -0.384. The first-order chi connectivity index (χ1) is 10.6. The molecule has 0 bridgehead atoms. The Hall–Kier alpha value is -2.26. The first-order valence-corrected chi connectivity index (χ1v) is 8.08. The summed E-state index contributed by atoms with van der Waals surface area (Å²) in [6.45, 7) is 2.01. The SMILES string of the molecule is CCSc1nnc(NC(=O)C=Cc2cccc([N+](=O)[O-])c2)s1. The molecule has 1 amide bonds. The van der Waals surface area contributed by atoms with Crippen LogP contribution in [-0.2, 0) is 4.79 Å². The molecule has 0 aliphatic rings. The van der Waals surface area contributed by atoms with Gasteiger partial charge in [0.25, 0.3) is 5.69 Å². The molecule has 0 unspecified atom stereocenters. The van der Waals surface area contributed by atoms with Gasteiger partial charge in [0.05, 0.1) is 4.92 Å². The summed E-state index contributed by atoms with van der Waals surface area (Å²) in [6, 6.07) is 6.03. The molecular weight excluding hydrogens is 324 g/mol. The van der Waals surface area contributed by atoms with Crippen LogP contribution in [0.4, 0.5) is 10.8 Å². The first-order valence-electron chi connectivity index (χ1n) is 6.28. The van der Waals surface area contributed by atoms with Crippen molar-refractivity contribution < 1.29 is 9.72 Å².